The van der Waals surface area contributed by atoms with Crippen molar-refractivity contribution in [3.8, 4) is 77.9 Å². The highest BCUT2D eigenvalue weighted by Crippen LogP contribution is 2.53. The predicted octanol–water partition coefficient (Wildman–Crippen LogP) is 18.3. The molecule has 12 aromatic rings. The number of rotatable bonds is 7. The summed E-state index contributed by atoms with van der Waals surface area (Å²) in [4.78, 5) is 0. The molecule has 0 bridgehead atoms. The average molecular weight is 849 g/mol. The topological polar surface area (TPSA) is 0 Å². The van der Waals surface area contributed by atoms with Gasteiger partial charge in [0, 0.05) is 5.92 Å². The van der Waals surface area contributed by atoms with Crippen molar-refractivity contribution in [1.82, 2.24) is 0 Å². The van der Waals surface area contributed by atoms with E-state index in [9.17, 15) is 0 Å². The predicted molar refractivity (Wildman–Crippen MR) is 284 cm³/mol. The van der Waals surface area contributed by atoms with Crippen LogP contribution in [0.25, 0.3) is 110 Å². The van der Waals surface area contributed by atoms with Gasteiger partial charge in [0.25, 0.3) is 0 Å². The van der Waals surface area contributed by atoms with E-state index in [1.807, 2.05) is 0 Å². The molecule has 12 aromatic carbocycles. The second-order valence-electron chi connectivity index (χ2n) is 17.9. The summed E-state index contributed by atoms with van der Waals surface area (Å²) in [5, 5.41) is 7.49. The minimum absolute atomic E-state index is 0.0985. The fraction of sp³-hybridized carbons (Fsp3) is 0.0149. The fourth-order valence-corrected chi connectivity index (χ4v) is 11.2. The normalized spacial score (nSPS) is 12.9. The maximum absolute atomic E-state index is 2.51. The lowest BCUT2D eigenvalue weighted by atomic mass is 9.81. The highest BCUT2D eigenvalue weighted by atomic mass is 14.3. The number of benzene rings is 12. The quantitative estimate of drug-likeness (QED) is 0.140. The fourth-order valence-electron chi connectivity index (χ4n) is 11.2. The maximum Gasteiger partial charge on any atom is 0.0358 e. The van der Waals surface area contributed by atoms with Crippen molar-refractivity contribution in [2.24, 2.45) is 0 Å². The molecule has 1 unspecified atom stereocenters. The van der Waals surface area contributed by atoms with Gasteiger partial charge in [0.2, 0.25) is 0 Å². The molecular weight excluding hydrogens is 805 g/mol. The zero-order valence-electron chi connectivity index (χ0n) is 36.9. The second-order valence-corrected chi connectivity index (χ2v) is 17.9. The molecule has 0 nitrogen and oxygen atoms in total. The van der Waals surface area contributed by atoms with Crippen molar-refractivity contribution in [2.45, 2.75) is 5.92 Å². The first-order valence-electron chi connectivity index (χ1n) is 23.4. The van der Waals surface area contributed by atoms with E-state index in [0.717, 1.165) is 0 Å². The number of hydrogen-bond acceptors (Lipinski definition) is 0. The highest BCUT2D eigenvalue weighted by Gasteiger charge is 2.32. The van der Waals surface area contributed by atoms with Crippen molar-refractivity contribution in [1.29, 1.82) is 0 Å². The summed E-state index contributed by atoms with van der Waals surface area (Å²) in [6.45, 7) is 0. The van der Waals surface area contributed by atoms with Crippen LogP contribution in [0.3, 0.4) is 0 Å². The van der Waals surface area contributed by atoms with Gasteiger partial charge in [-0.3, -0.25) is 0 Å². The Labute approximate surface area is 391 Å². The van der Waals surface area contributed by atoms with Crippen LogP contribution in [0, 0.1) is 0 Å². The lowest BCUT2D eigenvalue weighted by molar-refractivity contribution is 1.02. The summed E-state index contributed by atoms with van der Waals surface area (Å²) in [7, 11) is 0. The second kappa shape index (κ2) is 16.1. The first-order valence-corrected chi connectivity index (χ1v) is 23.4. The summed E-state index contributed by atoms with van der Waals surface area (Å²) in [6.07, 6.45) is 0. The van der Waals surface area contributed by atoms with Gasteiger partial charge in [-0.15, -0.1) is 0 Å². The monoisotopic (exact) mass is 848 g/mol. The van der Waals surface area contributed by atoms with Crippen molar-refractivity contribution in [3.05, 3.63) is 278 Å². The third kappa shape index (κ3) is 6.52. The Bertz CT molecular complexity index is 3730. The molecule has 1 aliphatic rings. The van der Waals surface area contributed by atoms with Crippen LogP contribution in [0.15, 0.2) is 261 Å². The summed E-state index contributed by atoms with van der Waals surface area (Å²) < 4.78 is 0. The third-order valence-corrected chi connectivity index (χ3v) is 14.2. The Morgan fingerprint density at radius 1 is 0.179 bits per heavy atom. The molecule has 312 valence electrons. The molecular formula is C67H44. The Morgan fingerprint density at radius 3 is 1.15 bits per heavy atom. The van der Waals surface area contributed by atoms with Gasteiger partial charge in [0.1, 0.15) is 0 Å². The minimum atomic E-state index is 0.0985. The van der Waals surface area contributed by atoms with Gasteiger partial charge in [-0.1, -0.05) is 237 Å². The lowest BCUT2D eigenvalue weighted by Crippen LogP contribution is -2.02. The van der Waals surface area contributed by atoms with Gasteiger partial charge in [-0.2, -0.15) is 0 Å². The molecule has 0 saturated carbocycles. The SMILES string of the molecule is c1ccc(-c2cc(-c3ccccc3)cc(-c3ccc(-c4c5ccccc5c(-c5ccc6c(c5)C(c5ccccc5-c5ccccc5)c5ccccc5-6)c5ccccc45)c4ccccc34)c2)cc1. The van der Waals surface area contributed by atoms with Gasteiger partial charge in [-0.05, 0) is 151 Å². The van der Waals surface area contributed by atoms with Crippen LogP contribution in [0.5, 0.6) is 0 Å². The van der Waals surface area contributed by atoms with Crippen LogP contribution < -0.4 is 0 Å². The molecule has 13 rings (SSSR count). The molecule has 0 heterocycles. The summed E-state index contributed by atoms with van der Waals surface area (Å²) >= 11 is 0. The molecule has 1 atom stereocenters. The van der Waals surface area contributed by atoms with E-state index in [2.05, 4.69) is 261 Å². The Kier molecular flexibility index (Phi) is 9.36. The molecule has 0 radical (unpaired) electrons. The maximum atomic E-state index is 2.51. The van der Waals surface area contributed by atoms with Crippen LogP contribution in [0.2, 0.25) is 0 Å². The standard InChI is InChI=1S/C67H44/c1-4-20-44(21-5-1)48-40-49(45-22-6-2-7-23-45)42-50(41-48)52-38-39-63(54-28-12-11-27-53(52)54)66-61-34-18-16-32-59(61)65(60-33-17-19-35-62(60)66)47-36-37-56-55-29-13-15-31-58(55)67(64(56)43-47)57-30-14-10-26-51(57)46-24-8-3-9-25-46/h1-43,67H. The van der Waals surface area contributed by atoms with Crippen molar-refractivity contribution in [3.63, 3.8) is 0 Å². The van der Waals surface area contributed by atoms with Crippen molar-refractivity contribution >= 4 is 32.3 Å². The molecule has 67 heavy (non-hydrogen) atoms. The zero-order chi connectivity index (χ0) is 44.3. The Balaban J connectivity index is 1.01. The number of fused-ring (bicyclic) bond motifs is 6. The van der Waals surface area contributed by atoms with E-state index >= 15 is 0 Å². The third-order valence-electron chi connectivity index (χ3n) is 14.2. The van der Waals surface area contributed by atoms with Crippen molar-refractivity contribution in [2.75, 3.05) is 0 Å². The Hall–Kier alpha value is -8.58. The minimum Gasteiger partial charge on any atom is -0.0622 e. The van der Waals surface area contributed by atoms with E-state index in [0.29, 0.717) is 0 Å². The molecule has 0 saturated heterocycles. The van der Waals surface area contributed by atoms with Gasteiger partial charge in [0.15, 0.2) is 0 Å². The van der Waals surface area contributed by atoms with Gasteiger partial charge in [0.05, 0.1) is 0 Å². The van der Waals surface area contributed by atoms with Crippen LogP contribution in [-0.2, 0) is 0 Å². The van der Waals surface area contributed by atoms with E-state index in [-0.39, 0.29) is 5.92 Å². The average Bonchev–Trinajstić information content (AvgIpc) is 3.74. The molecule has 0 spiro atoms. The van der Waals surface area contributed by atoms with E-state index in [1.165, 1.54) is 127 Å². The molecule has 1 aliphatic carbocycles. The van der Waals surface area contributed by atoms with Gasteiger partial charge in [-0.25, -0.2) is 0 Å². The van der Waals surface area contributed by atoms with Gasteiger partial charge >= 0.3 is 0 Å². The highest BCUT2D eigenvalue weighted by molar-refractivity contribution is 6.24. The van der Waals surface area contributed by atoms with Crippen LogP contribution in [0.4, 0.5) is 0 Å². The summed E-state index contributed by atoms with van der Waals surface area (Å²) in [6, 6.07) is 96.6. The van der Waals surface area contributed by atoms with Crippen LogP contribution >= 0.6 is 0 Å². The largest absolute Gasteiger partial charge is 0.0622 e. The zero-order valence-corrected chi connectivity index (χ0v) is 36.9. The summed E-state index contributed by atoms with van der Waals surface area (Å²) in [5.74, 6) is 0.0985. The van der Waals surface area contributed by atoms with Crippen molar-refractivity contribution < 1.29 is 0 Å². The van der Waals surface area contributed by atoms with E-state index in [4.69, 9.17) is 0 Å². The molecule has 0 aromatic heterocycles. The molecule has 0 aliphatic heterocycles. The number of hydrogen-bond donors (Lipinski definition) is 0. The first-order chi connectivity index (χ1) is 33.3. The van der Waals surface area contributed by atoms with Gasteiger partial charge < -0.3 is 0 Å². The van der Waals surface area contributed by atoms with E-state index < -0.39 is 0 Å². The molecule has 0 N–H and O–H groups in total. The van der Waals surface area contributed by atoms with Crippen LogP contribution in [0.1, 0.15) is 22.6 Å². The smallest absolute Gasteiger partial charge is 0.0358 e. The summed E-state index contributed by atoms with van der Waals surface area (Å²) in [5.41, 5.74) is 21.5. The molecule has 0 fully saturated rings. The molecule has 0 amide bonds. The van der Waals surface area contributed by atoms with E-state index in [1.54, 1.807) is 0 Å². The Morgan fingerprint density at radius 2 is 0.567 bits per heavy atom. The first kappa shape index (κ1) is 38.8. The van der Waals surface area contributed by atoms with Crippen LogP contribution in [-0.4, -0.2) is 0 Å². The molecule has 0 heteroatoms. The lowest BCUT2D eigenvalue weighted by Gasteiger charge is -2.21.